The zero-order valence-electron chi connectivity index (χ0n) is 10.1. The molecule has 1 aromatic carbocycles. The molecule has 0 atom stereocenters. The molecule has 17 heavy (non-hydrogen) atoms. The van der Waals surface area contributed by atoms with Gasteiger partial charge in [0.05, 0.1) is 4.90 Å². The monoisotopic (exact) mass is 256 g/mol. The largest absolute Gasteiger partial charge is 0.326 e. The standard InChI is InChI=1S/C11H16N2O3S/c1-4-12-17(15,16)11-7-10(13-9(3)14)6-5-8(11)2/h5-7,12H,4H2,1-3H3,(H,13,14). The first-order valence-electron chi connectivity index (χ1n) is 5.24. The first-order chi connectivity index (χ1) is 7.86. The van der Waals surface area contributed by atoms with E-state index in [1.54, 1.807) is 26.0 Å². The zero-order valence-corrected chi connectivity index (χ0v) is 10.9. The van der Waals surface area contributed by atoms with Crippen molar-refractivity contribution in [3.63, 3.8) is 0 Å². The van der Waals surface area contributed by atoms with E-state index in [4.69, 9.17) is 0 Å². The molecule has 0 spiro atoms. The molecule has 0 unspecified atom stereocenters. The number of hydrogen-bond acceptors (Lipinski definition) is 3. The van der Waals surface area contributed by atoms with E-state index in [1.165, 1.54) is 13.0 Å². The Bertz CT molecular complexity index is 524. The smallest absolute Gasteiger partial charge is 0.240 e. The maximum atomic E-state index is 11.9. The Morgan fingerprint density at radius 3 is 2.53 bits per heavy atom. The maximum absolute atomic E-state index is 11.9. The summed E-state index contributed by atoms with van der Waals surface area (Å²) >= 11 is 0. The van der Waals surface area contributed by atoms with Crippen LogP contribution in [0.1, 0.15) is 19.4 Å². The number of carbonyl (C=O) groups excluding carboxylic acids is 1. The van der Waals surface area contributed by atoms with E-state index >= 15 is 0 Å². The minimum Gasteiger partial charge on any atom is -0.326 e. The van der Waals surface area contributed by atoms with Gasteiger partial charge in [0, 0.05) is 19.2 Å². The average molecular weight is 256 g/mol. The van der Waals surface area contributed by atoms with Crippen LogP contribution in [0, 0.1) is 6.92 Å². The summed E-state index contributed by atoms with van der Waals surface area (Å²) in [4.78, 5) is 11.1. The molecule has 1 aromatic rings. The third kappa shape index (κ3) is 3.54. The third-order valence-electron chi connectivity index (χ3n) is 2.13. The van der Waals surface area contributed by atoms with Gasteiger partial charge in [-0.05, 0) is 24.6 Å². The molecule has 2 N–H and O–H groups in total. The second-order valence-electron chi connectivity index (χ2n) is 3.66. The first-order valence-corrected chi connectivity index (χ1v) is 6.73. The summed E-state index contributed by atoms with van der Waals surface area (Å²) in [5.41, 5.74) is 1.11. The Balaban J connectivity index is 3.19. The summed E-state index contributed by atoms with van der Waals surface area (Å²) < 4.78 is 26.2. The molecular weight excluding hydrogens is 240 g/mol. The molecule has 0 aromatic heterocycles. The van der Waals surface area contributed by atoms with Crippen LogP contribution in [0.15, 0.2) is 23.1 Å². The molecule has 1 rings (SSSR count). The molecule has 0 aliphatic heterocycles. The van der Waals surface area contributed by atoms with Crippen LogP contribution in [0.2, 0.25) is 0 Å². The molecule has 5 nitrogen and oxygen atoms in total. The summed E-state index contributed by atoms with van der Waals surface area (Å²) in [6.45, 7) is 5.12. The quantitative estimate of drug-likeness (QED) is 0.851. The van der Waals surface area contributed by atoms with Gasteiger partial charge in [0.1, 0.15) is 0 Å². The predicted octanol–water partition coefficient (Wildman–Crippen LogP) is 1.25. The highest BCUT2D eigenvalue weighted by Gasteiger charge is 2.16. The van der Waals surface area contributed by atoms with Crippen LogP contribution in [-0.4, -0.2) is 20.9 Å². The van der Waals surface area contributed by atoms with Gasteiger partial charge in [0.15, 0.2) is 0 Å². The zero-order chi connectivity index (χ0) is 13.1. The average Bonchev–Trinajstić information content (AvgIpc) is 2.20. The summed E-state index contributed by atoms with van der Waals surface area (Å²) in [5.74, 6) is -0.236. The topological polar surface area (TPSA) is 75.3 Å². The summed E-state index contributed by atoms with van der Waals surface area (Å²) in [6, 6.07) is 4.78. The lowest BCUT2D eigenvalue weighted by molar-refractivity contribution is -0.114. The highest BCUT2D eigenvalue weighted by molar-refractivity contribution is 7.89. The molecule has 0 saturated carbocycles. The van der Waals surface area contributed by atoms with Crippen molar-refractivity contribution < 1.29 is 13.2 Å². The molecular formula is C11H16N2O3S. The van der Waals surface area contributed by atoms with E-state index in [0.717, 1.165) is 0 Å². The molecule has 6 heteroatoms. The van der Waals surface area contributed by atoms with Crippen molar-refractivity contribution in [1.29, 1.82) is 0 Å². The van der Waals surface area contributed by atoms with Crippen molar-refractivity contribution >= 4 is 21.6 Å². The van der Waals surface area contributed by atoms with Crippen molar-refractivity contribution in [1.82, 2.24) is 4.72 Å². The van der Waals surface area contributed by atoms with E-state index in [-0.39, 0.29) is 10.8 Å². The van der Waals surface area contributed by atoms with Gasteiger partial charge < -0.3 is 5.32 Å². The number of hydrogen-bond donors (Lipinski definition) is 2. The molecule has 94 valence electrons. The normalized spacial score (nSPS) is 11.2. The number of benzene rings is 1. The molecule has 0 heterocycles. The van der Waals surface area contributed by atoms with Gasteiger partial charge in [-0.2, -0.15) is 0 Å². The van der Waals surface area contributed by atoms with Gasteiger partial charge in [-0.25, -0.2) is 13.1 Å². The van der Waals surface area contributed by atoms with Crippen LogP contribution in [0.4, 0.5) is 5.69 Å². The number of aryl methyl sites for hydroxylation is 1. The second-order valence-corrected chi connectivity index (χ2v) is 5.40. The van der Waals surface area contributed by atoms with E-state index in [9.17, 15) is 13.2 Å². The van der Waals surface area contributed by atoms with Crippen LogP contribution < -0.4 is 10.0 Å². The Labute approximate surface area is 101 Å². The molecule has 0 bridgehead atoms. The Morgan fingerprint density at radius 2 is 2.00 bits per heavy atom. The van der Waals surface area contributed by atoms with Crippen LogP contribution >= 0.6 is 0 Å². The van der Waals surface area contributed by atoms with Crippen molar-refractivity contribution in [3.8, 4) is 0 Å². The van der Waals surface area contributed by atoms with Crippen LogP contribution in [0.3, 0.4) is 0 Å². The fourth-order valence-electron chi connectivity index (χ4n) is 1.44. The number of sulfonamides is 1. The van der Waals surface area contributed by atoms with Gasteiger partial charge in [-0.15, -0.1) is 0 Å². The lowest BCUT2D eigenvalue weighted by Gasteiger charge is -2.10. The highest BCUT2D eigenvalue weighted by atomic mass is 32.2. The first kappa shape index (κ1) is 13.7. The van der Waals surface area contributed by atoms with Crippen LogP contribution in [-0.2, 0) is 14.8 Å². The van der Waals surface area contributed by atoms with E-state index < -0.39 is 10.0 Å². The molecule has 1 amide bonds. The van der Waals surface area contributed by atoms with Gasteiger partial charge in [0.2, 0.25) is 15.9 Å². The summed E-state index contributed by atoms with van der Waals surface area (Å²) in [7, 11) is -3.50. The second kappa shape index (κ2) is 5.29. The van der Waals surface area contributed by atoms with Crippen molar-refractivity contribution in [3.05, 3.63) is 23.8 Å². The number of rotatable bonds is 4. The van der Waals surface area contributed by atoms with Gasteiger partial charge >= 0.3 is 0 Å². The van der Waals surface area contributed by atoms with Crippen molar-refractivity contribution in [2.75, 3.05) is 11.9 Å². The number of carbonyl (C=O) groups is 1. The molecule has 0 aliphatic carbocycles. The Hall–Kier alpha value is -1.40. The van der Waals surface area contributed by atoms with Gasteiger partial charge in [-0.1, -0.05) is 13.0 Å². The van der Waals surface area contributed by atoms with Gasteiger partial charge in [0.25, 0.3) is 0 Å². The highest BCUT2D eigenvalue weighted by Crippen LogP contribution is 2.19. The molecule has 0 fully saturated rings. The number of anilines is 1. The Morgan fingerprint density at radius 1 is 1.35 bits per heavy atom. The molecule has 0 aliphatic rings. The van der Waals surface area contributed by atoms with E-state index in [2.05, 4.69) is 10.0 Å². The lowest BCUT2D eigenvalue weighted by atomic mass is 10.2. The van der Waals surface area contributed by atoms with Crippen LogP contribution in [0.25, 0.3) is 0 Å². The molecule has 0 saturated heterocycles. The summed E-state index contributed by atoms with van der Waals surface area (Å²) in [6.07, 6.45) is 0. The predicted molar refractivity (Wildman–Crippen MR) is 66.3 cm³/mol. The summed E-state index contributed by atoms with van der Waals surface area (Å²) in [5, 5.41) is 2.56. The fourth-order valence-corrected chi connectivity index (χ4v) is 2.75. The maximum Gasteiger partial charge on any atom is 0.240 e. The van der Waals surface area contributed by atoms with Crippen LogP contribution in [0.5, 0.6) is 0 Å². The number of amides is 1. The van der Waals surface area contributed by atoms with E-state index in [0.29, 0.717) is 17.8 Å². The molecule has 0 radical (unpaired) electrons. The minimum atomic E-state index is -3.50. The fraction of sp³-hybridized carbons (Fsp3) is 0.364. The van der Waals surface area contributed by atoms with Crippen molar-refractivity contribution in [2.24, 2.45) is 0 Å². The lowest BCUT2D eigenvalue weighted by Crippen LogP contribution is -2.24. The Kier molecular flexibility index (Phi) is 4.25. The van der Waals surface area contributed by atoms with Gasteiger partial charge in [-0.3, -0.25) is 4.79 Å². The minimum absolute atomic E-state index is 0.186. The third-order valence-corrected chi connectivity index (χ3v) is 3.82. The van der Waals surface area contributed by atoms with Crippen molar-refractivity contribution in [2.45, 2.75) is 25.7 Å². The SMILES string of the molecule is CCNS(=O)(=O)c1cc(NC(C)=O)ccc1C. The van der Waals surface area contributed by atoms with E-state index in [1.807, 2.05) is 0 Å². The number of nitrogens with one attached hydrogen (secondary N) is 2.